The Kier molecular flexibility index (Phi) is 4.35. The lowest BCUT2D eigenvalue weighted by atomic mass is 10.1. The molecule has 28 heavy (non-hydrogen) atoms. The normalized spacial score (nSPS) is 24.2. The summed E-state index contributed by atoms with van der Waals surface area (Å²) in [7, 11) is 0. The van der Waals surface area contributed by atoms with Crippen molar-refractivity contribution in [1.82, 2.24) is 5.32 Å². The largest absolute Gasteiger partial charge is 0.442 e. The predicted molar refractivity (Wildman–Crippen MR) is 98.2 cm³/mol. The quantitative estimate of drug-likeness (QED) is 0.594. The van der Waals surface area contributed by atoms with Crippen LogP contribution in [0.15, 0.2) is 17.2 Å². The van der Waals surface area contributed by atoms with Gasteiger partial charge >= 0.3 is 6.09 Å². The van der Waals surface area contributed by atoms with Crippen molar-refractivity contribution in [3.8, 4) is 0 Å². The summed E-state index contributed by atoms with van der Waals surface area (Å²) in [6.07, 6.45) is 0.531. The molecule has 3 fully saturated rings. The molecular weight excluding hydrogens is 372 g/mol. The van der Waals surface area contributed by atoms with E-state index in [1.165, 1.54) is 6.92 Å². The molecule has 3 aliphatic rings. The number of hydrogen-bond donors (Lipinski definition) is 2. The molecule has 1 unspecified atom stereocenters. The number of ether oxygens (including phenoxy) is 1. The molecule has 2 amide bonds. The molecule has 0 radical (unpaired) electrons. The average Bonchev–Trinajstić information content (AvgIpc) is 3.16. The Labute approximate surface area is 160 Å². The molecule has 150 valence electrons. The Morgan fingerprint density at radius 3 is 2.61 bits per heavy atom. The third-order valence-electron chi connectivity index (χ3n) is 5.54. The summed E-state index contributed by atoms with van der Waals surface area (Å²) in [6.45, 7) is 2.34. The molecule has 1 aliphatic carbocycles. The van der Waals surface area contributed by atoms with Gasteiger partial charge in [0, 0.05) is 31.0 Å². The fourth-order valence-corrected chi connectivity index (χ4v) is 3.90. The van der Waals surface area contributed by atoms with Crippen molar-refractivity contribution >= 4 is 29.1 Å². The van der Waals surface area contributed by atoms with E-state index in [9.17, 15) is 18.4 Å². The van der Waals surface area contributed by atoms with Crippen LogP contribution in [-0.4, -0.2) is 50.0 Å². The zero-order chi connectivity index (χ0) is 20.1. The first-order valence-corrected chi connectivity index (χ1v) is 9.07. The molecule has 1 atom stereocenters. The zero-order valence-corrected chi connectivity index (χ0v) is 15.4. The van der Waals surface area contributed by atoms with Crippen molar-refractivity contribution < 1.29 is 23.1 Å². The summed E-state index contributed by atoms with van der Waals surface area (Å²) in [5.74, 6) is 3.66. The van der Waals surface area contributed by atoms with E-state index in [1.807, 2.05) is 0 Å². The number of nitrogens with one attached hydrogen (secondary N) is 1. The van der Waals surface area contributed by atoms with E-state index in [0.29, 0.717) is 6.54 Å². The summed E-state index contributed by atoms with van der Waals surface area (Å²) in [6, 6.07) is 2.25. The fourth-order valence-electron chi connectivity index (χ4n) is 3.90. The molecule has 0 aromatic heterocycles. The maximum atomic E-state index is 14.8. The molecular formula is C18H21F2N5O3. The van der Waals surface area contributed by atoms with Crippen LogP contribution in [0, 0.1) is 17.0 Å². The number of carbonyl (C=O) groups excluding carboxylic acids is 2. The van der Waals surface area contributed by atoms with E-state index in [4.69, 9.17) is 10.6 Å². The van der Waals surface area contributed by atoms with Crippen LogP contribution >= 0.6 is 0 Å². The number of hydrazone groups is 1. The van der Waals surface area contributed by atoms with E-state index < -0.39 is 23.8 Å². The number of cyclic esters (lactones) is 1. The summed E-state index contributed by atoms with van der Waals surface area (Å²) in [5.41, 5.74) is 0.541. The zero-order valence-electron chi connectivity index (χ0n) is 15.4. The molecule has 1 saturated carbocycles. The van der Waals surface area contributed by atoms with Crippen LogP contribution in [0.1, 0.15) is 19.8 Å². The van der Waals surface area contributed by atoms with Gasteiger partial charge in [-0.3, -0.25) is 9.69 Å². The van der Waals surface area contributed by atoms with Crippen LogP contribution in [0.4, 0.5) is 25.0 Å². The van der Waals surface area contributed by atoms with E-state index in [1.54, 1.807) is 4.90 Å². The summed E-state index contributed by atoms with van der Waals surface area (Å²) >= 11 is 0. The molecule has 1 aromatic carbocycles. The van der Waals surface area contributed by atoms with Gasteiger partial charge in [-0.05, 0) is 12.8 Å². The number of anilines is 2. The number of benzene rings is 1. The van der Waals surface area contributed by atoms with Gasteiger partial charge in [-0.1, -0.05) is 0 Å². The smallest absolute Gasteiger partial charge is 0.414 e. The maximum Gasteiger partial charge on any atom is 0.414 e. The van der Waals surface area contributed by atoms with Gasteiger partial charge in [-0.2, -0.15) is 5.10 Å². The van der Waals surface area contributed by atoms with Gasteiger partial charge in [-0.15, -0.1) is 0 Å². The standard InChI is InChI=1S/C18H21F2N5O3/c1-10(26)22-6-12-7-25(17(27)28-12)11-4-13(19)16(14(20)5-11)24-8-15(23-21)18(9-24)2-3-18/h4-5,12H,2-3,6-9,21H2,1H3,(H,22,26). The monoisotopic (exact) mass is 393 g/mol. The van der Waals surface area contributed by atoms with Gasteiger partial charge in [0.15, 0.2) is 11.6 Å². The molecule has 2 saturated heterocycles. The maximum absolute atomic E-state index is 14.8. The number of amides is 2. The average molecular weight is 393 g/mol. The Morgan fingerprint density at radius 1 is 1.39 bits per heavy atom. The van der Waals surface area contributed by atoms with Crippen LogP contribution in [0.5, 0.6) is 0 Å². The number of nitrogens with two attached hydrogens (primary N) is 1. The van der Waals surface area contributed by atoms with E-state index in [0.717, 1.165) is 35.6 Å². The topological polar surface area (TPSA) is 100 Å². The highest BCUT2D eigenvalue weighted by Gasteiger charge is 2.54. The molecule has 4 rings (SSSR count). The number of nitrogens with zero attached hydrogens (tertiary/aromatic N) is 3. The van der Waals surface area contributed by atoms with Crippen molar-refractivity contribution in [3.63, 3.8) is 0 Å². The molecule has 8 nitrogen and oxygen atoms in total. The predicted octanol–water partition coefficient (Wildman–Crippen LogP) is 1.34. The van der Waals surface area contributed by atoms with Gasteiger partial charge in [0.25, 0.3) is 0 Å². The highest BCUT2D eigenvalue weighted by atomic mass is 19.1. The number of hydrogen-bond acceptors (Lipinski definition) is 6. The number of carbonyl (C=O) groups is 2. The van der Waals surface area contributed by atoms with Crippen LogP contribution in [-0.2, 0) is 9.53 Å². The van der Waals surface area contributed by atoms with E-state index in [-0.39, 0.29) is 42.3 Å². The Morgan fingerprint density at radius 2 is 2.07 bits per heavy atom. The van der Waals surface area contributed by atoms with Crippen LogP contribution < -0.4 is 21.0 Å². The van der Waals surface area contributed by atoms with Crippen molar-refractivity contribution in [2.75, 3.05) is 36.0 Å². The first-order chi connectivity index (χ1) is 13.3. The lowest BCUT2D eigenvalue weighted by Gasteiger charge is -2.21. The number of halogens is 2. The molecule has 1 spiro atoms. The second-order valence-electron chi connectivity index (χ2n) is 7.52. The minimum absolute atomic E-state index is 0.0714. The van der Waals surface area contributed by atoms with Gasteiger partial charge in [-0.25, -0.2) is 13.6 Å². The third-order valence-corrected chi connectivity index (χ3v) is 5.54. The second kappa shape index (κ2) is 6.61. The summed E-state index contributed by atoms with van der Waals surface area (Å²) in [5, 5.41) is 6.35. The lowest BCUT2D eigenvalue weighted by Crippen LogP contribution is -2.33. The molecule has 1 aromatic rings. The van der Waals surface area contributed by atoms with Crippen LogP contribution in [0.3, 0.4) is 0 Å². The van der Waals surface area contributed by atoms with Gasteiger partial charge in [0.05, 0.1) is 31.0 Å². The first-order valence-electron chi connectivity index (χ1n) is 9.07. The fraction of sp³-hybridized carbons (Fsp3) is 0.500. The Bertz CT molecular complexity index is 848. The van der Waals surface area contributed by atoms with Gasteiger partial charge in [0.2, 0.25) is 5.91 Å². The molecule has 3 N–H and O–H groups in total. The minimum Gasteiger partial charge on any atom is -0.442 e. The Balaban J connectivity index is 1.54. The van der Waals surface area contributed by atoms with Crippen LogP contribution in [0.25, 0.3) is 0 Å². The van der Waals surface area contributed by atoms with Crippen molar-refractivity contribution in [2.45, 2.75) is 25.9 Å². The second-order valence-corrected chi connectivity index (χ2v) is 7.52. The summed E-state index contributed by atoms with van der Waals surface area (Å²) < 4.78 is 34.8. The Hall–Kier alpha value is -2.91. The van der Waals surface area contributed by atoms with Gasteiger partial charge in [0.1, 0.15) is 11.8 Å². The highest BCUT2D eigenvalue weighted by molar-refractivity contribution is 5.99. The van der Waals surface area contributed by atoms with Crippen molar-refractivity contribution in [2.24, 2.45) is 16.4 Å². The molecule has 10 heteroatoms. The minimum atomic E-state index is -0.762. The first kappa shape index (κ1) is 18.5. The van der Waals surface area contributed by atoms with Crippen molar-refractivity contribution in [3.05, 3.63) is 23.8 Å². The summed E-state index contributed by atoms with van der Waals surface area (Å²) in [4.78, 5) is 25.8. The molecule has 2 heterocycles. The lowest BCUT2D eigenvalue weighted by molar-refractivity contribution is -0.119. The van der Waals surface area contributed by atoms with E-state index in [2.05, 4.69) is 10.4 Å². The highest BCUT2D eigenvalue weighted by Crippen LogP contribution is 2.52. The van der Waals surface area contributed by atoms with Gasteiger partial charge < -0.3 is 20.8 Å². The van der Waals surface area contributed by atoms with E-state index >= 15 is 0 Å². The van der Waals surface area contributed by atoms with Crippen molar-refractivity contribution in [1.29, 1.82) is 0 Å². The molecule has 2 aliphatic heterocycles. The SMILES string of the molecule is CC(=O)NCC1CN(c2cc(F)c(N3CC(=NN)C4(CC4)C3)c(F)c2)C(=O)O1. The number of rotatable bonds is 4. The molecule has 0 bridgehead atoms. The third kappa shape index (κ3) is 3.12. The van der Waals surface area contributed by atoms with Crippen LogP contribution in [0.2, 0.25) is 0 Å².